The molecule has 2 N–H and O–H groups in total. The van der Waals surface area contributed by atoms with Gasteiger partial charge in [-0.25, -0.2) is 0 Å². The summed E-state index contributed by atoms with van der Waals surface area (Å²) in [6, 6.07) is 3.34. The summed E-state index contributed by atoms with van der Waals surface area (Å²) in [6.45, 7) is 3.17. The molecule has 1 aliphatic heterocycles. The molecule has 0 fully saturated rings. The number of aliphatic hydroxyl groups excluding tert-OH is 2. The lowest BCUT2D eigenvalue weighted by Gasteiger charge is -2.39. The van der Waals surface area contributed by atoms with Crippen molar-refractivity contribution in [3.05, 3.63) is 17.7 Å². The van der Waals surface area contributed by atoms with Gasteiger partial charge in [0.2, 0.25) is 0 Å². The molecule has 0 aliphatic carbocycles. The predicted molar refractivity (Wildman–Crippen MR) is 73.1 cm³/mol. The molecule has 1 aromatic carbocycles. The molecule has 0 atom stereocenters. The van der Waals surface area contributed by atoms with Gasteiger partial charge in [0.15, 0.2) is 17.1 Å². The van der Waals surface area contributed by atoms with E-state index in [1.807, 2.05) is 0 Å². The van der Waals surface area contributed by atoms with Gasteiger partial charge in [-0.1, -0.05) is 0 Å². The molecule has 2 rings (SSSR count). The molecule has 0 radical (unpaired) electrons. The van der Waals surface area contributed by atoms with E-state index in [2.05, 4.69) is 0 Å². The summed E-state index contributed by atoms with van der Waals surface area (Å²) in [7, 11) is 1.50. The lowest BCUT2D eigenvalue weighted by atomic mass is 10.0. The number of hydrogen-bond acceptors (Lipinski definition) is 5. The highest BCUT2D eigenvalue weighted by Crippen LogP contribution is 2.45. The van der Waals surface area contributed by atoms with Gasteiger partial charge in [0.1, 0.15) is 0 Å². The Bertz CT molecular complexity index is 527. The molecular weight excluding hydrogens is 262 g/mol. The normalized spacial score (nSPS) is 16.6. The number of nitrogens with zero attached hydrogens (tertiary/aromatic N) is 1. The number of methoxy groups -OCH3 is 1. The van der Waals surface area contributed by atoms with E-state index in [0.29, 0.717) is 22.7 Å². The van der Waals surface area contributed by atoms with E-state index in [9.17, 15) is 9.90 Å². The van der Waals surface area contributed by atoms with Crippen LogP contribution in [0, 0.1) is 0 Å². The average molecular weight is 281 g/mol. The van der Waals surface area contributed by atoms with Crippen LogP contribution in [-0.2, 0) is 11.4 Å². The molecule has 6 heteroatoms. The van der Waals surface area contributed by atoms with Crippen molar-refractivity contribution in [3.63, 3.8) is 0 Å². The predicted octanol–water partition coefficient (Wildman–Crippen LogP) is 0.684. The topological polar surface area (TPSA) is 79.2 Å². The van der Waals surface area contributed by atoms with Gasteiger partial charge in [0, 0.05) is 6.54 Å². The highest BCUT2D eigenvalue weighted by Gasteiger charge is 2.42. The van der Waals surface area contributed by atoms with Crippen LogP contribution in [0.4, 0.5) is 5.69 Å². The quantitative estimate of drug-likeness (QED) is 0.848. The first-order valence-electron chi connectivity index (χ1n) is 6.38. The Morgan fingerprint density at radius 1 is 1.35 bits per heavy atom. The number of β-amino-alcohol motifs (C(OH)–C–C–N with tert-alkyl or cyclic N) is 1. The third-order valence-corrected chi connectivity index (χ3v) is 3.23. The molecular formula is C14H19NO5. The number of amides is 1. The van der Waals surface area contributed by atoms with Gasteiger partial charge >= 0.3 is 0 Å². The Labute approximate surface area is 117 Å². The Morgan fingerprint density at radius 2 is 2.05 bits per heavy atom. The average Bonchev–Trinajstić information content (AvgIpc) is 2.43. The van der Waals surface area contributed by atoms with Crippen molar-refractivity contribution in [1.29, 1.82) is 0 Å². The number of anilines is 1. The van der Waals surface area contributed by atoms with Gasteiger partial charge in [0.05, 0.1) is 26.0 Å². The number of carbonyl (C=O) groups excluding carboxylic acids is 1. The Hall–Kier alpha value is -1.79. The fraction of sp³-hybridized carbons (Fsp3) is 0.500. The van der Waals surface area contributed by atoms with Crippen LogP contribution in [0.1, 0.15) is 19.4 Å². The van der Waals surface area contributed by atoms with Crippen molar-refractivity contribution in [1.82, 2.24) is 0 Å². The fourth-order valence-corrected chi connectivity index (χ4v) is 2.24. The summed E-state index contributed by atoms with van der Waals surface area (Å²) in [6.07, 6.45) is 0. The Balaban J connectivity index is 2.62. The first kappa shape index (κ1) is 14.6. The first-order chi connectivity index (χ1) is 9.44. The van der Waals surface area contributed by atoms with Crippen LogP contribution in [0.5, 0.6) is 11.5 Å². The maximum atomic E-state index is 12.4. The fourth-order valence-electron chi connectivity index (χ4n) is 2.24. The number of carbonyl (C=O) groups is 1. The maximum absolute atomic E-state index is 12.4. The zero-order valence-electron chi connectivity index (χ0n) is 11.8. The van der Waals surface area contributed by atoms with Gasteiger partial charge < -0.3 is 24.6 Å². The summed E-state index contributed by atoms with van der Waals surface area (Å²) in [5.41, 5.74) is 0.0855. The number of ether oxygens (including phenoxy) is 2. The molecule has 1 heterocycles. The molecule has 0 spiro atoms. The summed E-state index contributed by atoms with van der Waals surface area (Å²) >= 11 is 0. The molecule has 0 unspecified atom stereocenters. The van der Waals surface area contributed by atoms with Crippen LogP contribution < -0.4 is 14.4 Å². The number of benzene rings is 1. The van der Waals surface area contributed by atoms with Gasteiger partial charge in [-0.2, -0.15) is 0 Å². The third kappa shape index (κ3) is 2.32. The largest absolute Gasteiger partial charge is 0.493 e. The molecule has 0 bridgehead atoms. The van der Waals surface area contributed by atoms with Crippen molar-refractivity contribution in [2.45, 2.75) is 26.1 Å². The van der Waals surface area contributed by atoms with Crippen LogP contribution in [0.3, 0.4) is 0 Å². The smallest absolute Gasteiger partial charge is 0.270 e. The standard InChI is InChI=1S/C14H19NO5/c1-14(2)13(18)15(4-5-16)10-6-9(8-17)7-11(19-3)12(10)20-14/h6-7,16-17H,4-5,8H2,1-3H3. The molecule has 6 nitrogen and oxygen atoms in total. The van der Waals surface area contributed by atoms with E-state index in [1.165, 1.54) is 12.0 Å². The zero-order valence-corrected chi connectivity index (χ0v) is 11.8. The summed E-state index contributed by atoms with van der Waals surface area (Å²) < 4.78 is 11.0. The second-order valence-electron chi connectivity index (χ2n) is 5.10. The van der Waals surface area contributed by atoms with Gasteiger partial charge in [-0.3, -0.25) is 4.79 Å². The van der Waals surface area contributed by atoms with Crippen LogP contribution in [0.25, 0.3) is 0 Å². The molecule has 0 saturated heterocycles. The second-order valence-corrected chi connectivity index (χ2v) is 5.10. The number of aliphatic hydroxyl groups is 2. The minimum Gasteiger partial charge on any atom is -0.493 e. The van der Waals surface area contributed by atoms with Crippen molar-refractivity contribution in [2.24, 2.45) is 0 Å². The molecule has 20 heavy (non-hydrogen) atoms. The van der Waals surface area contributed by atoms with E-state index >= 15 is 0 Å². The number of rotatable bonds is 4. The molecule has 1 amide bonds. The van der Waals surface area contributed by atoms with Crippen LogP contribution in [0.2, 0.25) is 0 Å². The van der Waals surface area contributed by atoms with Crippen molar-refractivity contribution >= 4 is 11.6 Å². The summed E-state index contributed by atoms with van der Waals surface area (Å²) in [5, 5.41) is 18.5. The lowest BCUT2D eigenvalue weighted by molar-refractivity contribution is -0.132. The van der Waals surface area contributed by atoms with E-state index in [0.717, 1.165) is 0 Å². The lowest BCUT2D eigenvalue weighted by Crippen LogP contribution is -2.53. The second kappa shape index (κ2) is 5.30. The molecule has 0 saturated carbocycles. The minimum atomic E-state index is -1.03. The molecule has 1 aromatic rings. The van der Waals surface area contributed by atoms with Crippen LogP contribution >= 0.6 is 0 Å². The van der Waals surface area contributed by atoms with Crippen molar-refractivity contribution < 1.29 is 24.5 Å². The molecule has 1 aliphatic rings. The SMILES string of the molecule is COc1cc(CO)cc2c1OC(C)(C)C(=O)N2CCO. The highest BCUT2D eigenvalue weighted by atomic mass is 16.5. The summed E-state index contributed by atoms with van der Waals surface area (Å²) in [4.78, 5) is 13.8. The minimum absolute atomic E-state index is 0.160. The van der Waals surface area contributed by atoms with Crippen molar-refractivity contribution in [2.75, 3.05) is 25.2 Å². The summed E-state index contributed by atoms with van der Waals surface area (Å²) in [5.74, 6) is 0.661. The van der Waals surface area contributed by atoms with E-state index in [4.69, 9.17) is 14.6 Å². The highest BCUT2D eigenvalue weighted by molar-refractivity contribution is 6.03. The Kier molecular flexibility index (Phi) is 3.87. The van der Waals surface area contributed by atoms with Crippen LogP contribution in [0.15, 0.2) is 12.1 Å². The van der Waals surface area contributed by atoms with Gasteiger partial charge in [-0.05, 0) is 31.5 Å². The monoisotopic (exact) mass is 281 g/mol. The first-order valence-corrected chi connectivity index (χ1v) is 6.38. The number of fused-ring (bicyclic) bond motifs is 1. The van der Waals surface area contributed by atoms with E-state index in [-0.39, 0.29) is 25.7 Å². The van der Waals surface area contributed by atoms with Gasteiger partial charge in [0.25, 0.3) is 5.91 Å². The maximum Gasteiger partial charge on any atom is 0.270 e. The van der Waals surface area contributed by atoms with E-state index < -0.39 is 5.60 Å². The molecule has 0 aromatic heterocycles. The third-order valence-electron chi connectivity index (χ3n) is 3.23. The Morgan fingerprint density at radius 3 is 2.60 bits per heavy atom. The number of hydrogen-bond donors (Lipinski definition) is 2. The van der Waals surface area contributed by atoms with Crippen LogP contribution in [-0.4, -0.2) is 42.0 Å². The van der Waals surface area contributed by atoms with E-state index in [1.54, 1.807) is 26.0 Å². The van der Waals surface area contributed by atoms with Gasteiger partial charge in [-0.15, -0.1) is 0 Å². The van der Waals surface area contributed by atoms with Crippen molar-refractivity contribution in [3.8, 4) is 11.5 Å². The zero-order chi connectivity index (χ0) is 14.9. The molecule has 110 valence electrons.